The van der Waals surface area contributed by atoms with Crippen molar-refractivity contribution in [3.63, 3.8) is 0 Å². The lowest BCUT2D eigenvalue weighted by Gasteiger charge is -2.28. The maximum atomic E-state index is 13.6. The molecule has 1 amide bonds. The van der Waals surface area contributed by atoms with Crippen LogP contribution >= 0.6 is 22.9 Å². The highest BCUT2D eigenvalue weighted by atomic mass is 35.5. The highest BCUT2D eigenvalue weighted by Crippen LogP contribution is 2.37. The van der Waals surface area contributed by atoms with Gasteiger partial charge in [0.2, 0.25) is 0 Å². The van der Waals surface area contributed by atoms with Gasteiger partial charge in [-0.3, -0.25) is 4.79 Å². The number of rotatable bonds is 5. The summed E-state index contributed by atoms with van der Waals surface area (Å²) in [4.78, 5) is 17.8. The maximum absolute atomic E-state index is 13.6. The van der Waals surface area contributed by atoms with E-state index in [9.17, 15) is 13.2 Å². The van der Waals surface area contributed by atoms with Gasteiger partial charge in [-0.05, 0) is 42.7 Å². The standard InChI is InChI=1S/C23H25ClN2O3S2/c1-15-4-9-19-20(12-15)30-22(21(19)24)23(27)26(18-10-11-31(28,29)14-18)13-16-5-7-17(8-6-16)25(2)3/h4-9,12,18H,10-11,13-14H2,1-3H3. The Labute approximate surface area is 192 Å². The van der Waals surface area contributed by atoms with Gasteiger partial charge in [-0.25, -0.2) is 8.42 Å². The third-order valence-electron chi connectivity index (χ3n) is 5.69. The third-order valence-corrected chi connectivity index (χ3v) is 9.09. The van der Waals surface area contributed by atoms with Crippen molar-refractivity contribution in [1.29, 1.82) is 0 Å². The first-order chi connectivity index (χ1) is 14.6. The number of hydrogen-bond donors (Lipinski definition) is 0. The van der Waals surface area contributed by atoms with Gasteiger partial charge in [-0.1, -0.05) is 35.9 Å². The van der Waals surface area contributed by atoms with Crippen LogP contribution in [-0.2, 0) is 16.4 Å². The van der Waals surface area contributed by atoms with Crippen molar-refractivity contribution in [2.24, 2.45) is 0 Å². The number of amides is 1. The Hall–Kier alpha value is -2.09. The molecule has 0 saturated carbocycles. The molecule has 1 aliphatic rings. The van der Waals surface area contributed by atoms with Crippen LogP contribution < -0.4 is 4.90 Å². The first kappa shape index (κ1) is 22.1. The topological polar surface area (TPSA) is 57.7 Å². The lowest BCUT2D eigenvalue weighted by Crippen LogP contribution is -2.40. The van der Waals surface area contributed by atoms with Crippen molar-refractivity contribution >= 4 is 54.5 Å². The molecule has 2 aromatic carbocycles. The van der Waals surface area contributed by atoms with Crippen molar-refractivity contribution < 1.29 is 13.2 Å². The van der Waals surface area contributed by atoms with E-state index in [1.807, 2.05) is 68.4 Å². The number of carbonyl (C=O) groups is 1. The summed E-state index contributed by atoms with van der Waals surface area (Å²) in [6.45, 7) is 2.35. The van der Waals surface area contributed by atoms with Gasteiger partial charge in [-0.2, -0.15) is 0 Å². The number of carbonyl (C=O) groups excluding carboxylic acids is 1. The first-order valence-corrected chi connectivity index (χ1v) is 13.1. The van der Waals surface area contributed by atoms with Crippen molar-refractivity contribution in [3.8, 4) is 0 Å². The molecular formula is C23H25ClN2O3S2. The second kappa shape index (κ2) is 8.45. The fraction of sp³-hybridized carbons (Fsp3) is 0.348. The van der Waals surface area contributed by atoms with Gasteiger partial charge in [0, 0.05) is 42.5 Å². The molecule has 0 radical (unpaired) electrons. The summed E-state index contributed by atoms with van der Waals surface area (Å²) in [5, 5.41) is 1.30. The molecule has 1 fully saturated rings. The molecule has 1 aliphatic heterocycles. The molecule has 0 bridgehead atoms. The molecule has 1 atom stereocenters. The highest BCUT2D eigenvalue weighted by Gasteiger charge is 2.36. The van der Waals surface area contributed by atoms with Crippen LogP contribution in [0.4, 0.5) is 5.69 Å². The number of hydrogen-bond acceptors (Lipinski definition) is 5. The van der Waals surface area contributed by atoms with E-state index < -0.39 is 9.84 Å². The van der Waals surface area contributed by atoms with Gasteiger partial charge in [0.1, 0.15) is 4.88 Å². The van der Waals surface area contributed by atoms with Gasteiger partial charge in [0.25, 0.3) is 5.91 Å². The van der Waals surface area contributed by atoms with Crippen LogP contribution in [0.2, 0.25) is 5.02 Å². The Bertz CT molecular complexity index is 1230. The fourth-order valence-corrected chi connectivity index (χ4v) is 7.22. The molecule has 2 heterocycles. The molecule has 4 rings (SSSR count). The average Bonchev–Trinajstić information content (AvgIpc) is 3.24. The number of halogens is 1. The zero-order chi connectivity index (χ0) is 22.3. The third kappa shape index (κ3) is 4.59. The average molecular weight is 477 g/mol. The van der Waals surface area contributed by atoms with E-state index in [2.05, 4.69) is 0 Å². The predicted molar refractivity (Wildman–Crippen MR) is 129 cm³/mol. The number of benzene rings is 2. The Kier molecular flexibility index (Phi) is 6.03. The van der Waals surface area contributed by atoms with E-state index in [0.29, 0.717) is 22.9 Å². The Morgan fingerprint density at radius 3 is 2.48 bits per heavy atom. The van der Waals surface area contributed by atoms with Crippen molar-refractivity contribution in [2.45, 2.75) is 25.9 Å². The Balaban J connectivity index is 1.70. The van der Waals surface area contributed by atoms with E-state index in [1.54, 1.807) is 4.90 Å². The van der Waals surface area contributed by atoms with E-state index in [4.69, 9.17) is 11.6 Å². The summed E-state index contributed by atoms with van der Waals surface area (Å²) in [5.74, 6) is -0.0983. The van der Waals surface area contributed by atoms with Gasteiger partial charge < -0.3 is 9.80 Å². The summed E-state index contributed by atoms with van der Waals surface area (Å²) in [7, 11) is 0.806. The van der Waals surface area contributed by atoms with E-state index in [-0.39, 0.29) is 23.5 Å². The fourth-order valence-electron chi connectivity index (χ4n) is 3.92. The lowest BCUT2D eigenvalue weighted by atomic mass is 10.1. The summed E-state index contributed by atoms with van der Waals surface area (Å²) < 4.78 is 25.3. The smallest absolute Gasteiger partial charge is 0.266 e. The summed E-state index contributed by atoms with van der Waals surface area (Å²) in [6, 6.07) is 13.5. The number of fused-ring (bicyclic) bond motifs is 1. The zero-order valence-corrected chi connectivity index (χ0v) is 20.1. The molecule has 1 saturated heterocycles. The Morgan fingerprint density at radius 2 is 1.87 bits per heavy atom. The summed E-state index contributed by atoms with van der Waals surface area (Å²) in [6.07, 6.45) is 0.450. The van der Waals surface area contributed by atoms with Crippen molar-refractivity contribution in [3.05, 3.63) is 63.5 Å². The highest BCUT2D eigenvalue weighted by molar-refractivity contribution is 7.91. The largest absolute Gasteiger partial charge is 0.378 e. The number of nitrogens with zero attached hydrogens (tertiary/aromatic N) is 2. The van der Waals surface area contributed by atoms with Crippen molar-refractivity contribution in [2.75, 3.05) is 30.5 Å². The number of thiophene rings is 1. The zero-order valence-electron chi connectivity index (χ0n) is 17.8. The minimum absolute atomic E-state index is 0.00383. The molecule has 0 N–H and O–H groups in total. The molecule has 8 heteroatoms. The maximum Gasteiger partial charge on any atom is 0.266 e. The molecular weight excluding hydrogens is 452 g/mol. The minimum atomic E-state index is -3.14. The normalized spacial score (nSPS) is 17.7. The van der Waals surface area contributed by atoms with Gasteiger partial charge in [0.05, 0.1) is 16.5 Å². The first-order valence-electron chi connectivity index (χ1n) is 10.1. The van der Waals surface area contributed by atoms with Gasteiger partial charge >= 0.3 is 0 Å². The van der Waals surface area contributed by atoms with Crippen molar-refractivity contribution in [1.82, 2.24) is 4.90 Å². The minimum Gasteiger partial charge on any atom is -0.378 e. The summed E-state index contributed by atoms with van der Waals surface area (Å²) in [5.41, 5.74) is 3.12. The molecule has 3 aromatic rings. The van der Waals surface area contributed by atoms with Crippen LogP contribution in [0, 0.1) is 6.92 Å². The molecule has 0 aliphatic carbocycles. The van der Waals surface area contributed by atoms with Crippen LogP contribution in [0.3, 0.4) is 0 Å². The lowest BCUT2D eigenvalue weighted by molar-refractivity contribution is 0.0686. The summed E-state index contributed by atoms with van der Waals surface area (Å²) >= 11 is 7.98. The molecule has 0 spiro atoms. The SMILES string of the molecule is Cc1ccc2c(Cl)c(C(=O)N(Cc3ccc(N(C)C)cc3)C3CCS(=O)(=O)C3)sc2c1. The van der Waals surface area contributed by atoms with Gasteiger partial charge in [0.15, 0.2) is 9.84 Å². The van der Waals surface area contributed by atoms with Crippen LogP contribution in [0.1, 0.15) is 27.2 Å². The van der Waals surface area contributed by atoms with E-state index in [0.717, 1.165) is 26.9 Å². The molecule has 31 heavy (non-hydrogen) atoms. The number of sulfone groups is 1. The quantitative estimate of drug-likeness (QED) is 0.532. The molecule has 164 valence electrons. The monoisotopic (exact) mass is 476 g/mol. The molecule has 1 aromatic heterocycles. The second-order valence-electron chi connectivity index (χ2n) is 8.30. The number of aryl methyl sites for hydroxylation is 1. The second-order valence-corrected chi connectivity index (χ2v) is 12.0. The van der Waals surface area contributed by atoms with Crippen LogP contribution in [0.5, 0.6) is 0 Å². The van der Waals surface area contributed by atoms with E-state index in [1.165, 1.54) is 11.3 Å². The van der Waals surface area contributed by atoms with Crippen LogP contribution in [0.15, 0.2) is 42.5 Å². The number of anilines is 1. The Morgan fingerprint density at radius 1 is 1.16 bits per heavy atom. The van der Waals surface area contributed by atoms with E-state index >= 15 is 0 Å². The van der Waals surface area contributed by atoms with Crippen LogP contribution in [0.25, 0.3) is 10.1 Å². The van der Waals surface area contributed by atoms with Crippen LogP contribution in [-0.4, -0.2) is 50.9 Å². The molecule has 1 unspecified atom stereocenters. The predicted octanol–water partition coefficient (Wildman–Crippen LogP) is 4.76. The van der Waals surface area contributed by atoms with Gasteiger partial charge in [-0.15, -0.1) is 11.3 Å². The molecule has 5 nitrogen and oxygen atoms in total.